The van der Waals surface area contributed by atoms with Gasteiger partial charge in [-0.15, -0.1) is 0 Å². The zero-order chi connectivity index (χ0) is 14.3. The van der Waals surface area contributed by atoms with Crippen LogP contribution in [0.2, 0.25) is 0 Å². The Morgan fingerprint density at radius 3 is 2.84 bits per heavy atom. The molecule has 0 aliphatic rings. The Morgan fingerprint density at radius 2 is 2.21 bits per heavy atom. The Bertz CT molecular complexity index is 422. The first kappa shape index (κ1) is 16.0. The first-order valence-corrected chi connectivity index (χ1v) is 7.21. The highest BCUT2D eigenvalue weighted by molar-refractivity contribution is 9.10. The van der Waals surface area contributed by atoms with Gasteiger partial charge in [0.05, 0.1) is 5.69 Å². The fraction of sp³-hybridized carbons (Fsp3) is 0.500. The molecule has 0 aliphatic carbocycles. The Hall–Kier alpha value is -1.07. The molecular formula is C14H21BrN2O2. The number of anilines is 2. The number of carbonyl (C=O) groups is 1. The van der Waals surface area contributed by atoms with E-state index >= 15 is 0 Å². The molecule has 106 valence electrons. The van der Waals surface area contributed by atoms with Gasteiger partial charge in [-0.05, 0) is 52.9 Å². The number of rotatable bonds is 7. The number of hydrogen-bond acceptors (Lipinski definition) is 3. The summed E-state index contributed by atoms with van der Waals surface area (Å²) in [5, 5.41) is 2.77. The van der Waals surface area contributed by atoms with Crippen molar-refractivity contribution in [1.82, 2.24) is 0 Å². The minimum Gasteiger partial charge on any atom is -0.399 e. The van der Waals surface area contributed by atoms with Crippen LogP contribution in [0.15, 0.2) is 22.7 Å². The first-order valence-electron chi connectivity index (χ1n) is 6.41. The van der Waals surface area contributed by atoms with E-state index in [9.17, 15) is 4.79 Å². The third-order valence-corrected chi connectivity index (χ3v) is 3.23. The van der Waals surface area contributed by atoms with Gasteiger partial charge in [0, 0.05) is 16.8 Å². The SMILES string of the molecule is CC(C)CCCOCC(=O)Nc1ccc(N)cc1Br. The van der Waals surface area contributed by atoms with Gasteiger partial charge in [-0.25, -0.2) is 0 Å². The molecule has 0 aliphatic heterocycles. The highest BCUT2D eigenvalue weighted by atomic mass is 79.9. The normalized spacial score (nSPS) is 10.7. The number of benzene rings is 1. The molecule has 1 rings (SSSR count). The Balaban J connectivity index is 2.27. The molecular weight excluding hydrogens is 308 g/mol. The zero-order valence-corrected chi connectivity index (χ0v) is 13.0. The quantitative estimate of drug-likeness (QED) is 0.595. The van der Waals surface area contributed by atoms with Gasteiger partial charge < -0.3 is 15.8 Å². The van der Waals surface area contributed by atoms with Gasteiger partial charge in [-0.1, -0.05) is 13.8 Å². The molecule has 3 N–H and O–H groups in total. The summed E-state index contributed by atoms with van der Waals surface area (Å²) < 4.78 is 6.09. The predicted molar refractivity (Wildman–Crippen MR) is 82.1 cm³/mol. The fourth-order valence-corrected chi connectivity index (χ4v) is 2.07. The van der Waals surface area contributed by atoms with Gasteiger partial charge in [0.15, 0.2) is 0 Å². The number of nitrogen functional groups attached to an aromatic ring is 1. The van der Waals surface area contributed by atoms with Gasteiger partial charge in [0.2, 0.25) is 5.91 Å². The van der Waals surface area contributed by atoms with Gasteiger partial charge in [-0.2, -0.15) is 0 Å². The molecule has 5 heteroatoms. The van der Waals surface area contributed by atoms with Crippen molar-refractivity contribution in [3.05, 3.63) is 22.7 Å². The van der Waals surface area contributed by atoms with Gasteiger partial charge in [0.1, 0.15) is 6.61 Å². The Labute approximate surface area is 122 Å². The highest BCUT2D eigenvalue weighted by Gasteiger charge is 2.06. The summed E-state index contributed by atoms with van der Waals surface area (Å²) in [4.78, 5) is 11.7. The maximum Gasteiger partial charge on any atom is 0.250 e. The molecule has 0 saturated heterocycles. The molecule has 1 aromatic carbocycles. The van der Waals surface area contributed by atoms with Gasteiger partial charge in [-0.3, -0.25) is 4.79 Å². The van der Waals surface area contributed by atoms with Crippen molar-refractivity contribution in [2.45, 2.75) is 26.7 Å². The standard InChI is InChI=1S/C14H21BrN2O2/c1-10(2)4-3-7-19-9-14(18)17-13-6-5-11(16)8-12(13)15/h5-6,8,10H,3-4,7,9,16H2,1-2H3,(H,17,18). The number of carbonyl (C=O) groups excluding carboxylic acids is 1. The van der Waals surface area contributed by atoms with E-state index in [0.29, 0.717) is 23.9 Å². The minimum atomic E-state index is -0.157. The van der Waals surface area contributed by atoms with Crippen molar-refractivity contribution < 1.29 is 9.53 Å². The van der Waals surface area contributed by atoms with Crippen molar-refractivity contribution in [1.29, 1.82) is 0 Å². The van der Waals surface area contributed by atoms with Crippen molar-refractivity contribution in [2.75, 3.05) is 24.3 Å². The lowest BCUT2D eigenvalue weighted by Gasteiger charge is -2.09. The van der Waals surface area contributed by atoms with Crippen LogP contribution in [0.5, 0.6) is 0 Å². The van der Waals surface area contributed by atoms with Crippen LogP contribution in [0, 0.1) is 5.92 Å². The van der Waals surface area contributed by atoms with Crippen LogP contribution in [0.1, 0.15) is 26.7 Å². The summed E-state index contributed by atoms with van der Waals surface area (Å²) >= 11 is 3.35. The molecule has 0 heterocycles. The second-order valence-corrected chi connectivity index (χ2v) is 5.73. The van der Waals surface area contributed by atoms with Crippen molar-refractivity contribution in [2.24, 2.45) is 5.92 Å². The summed E-state index contributed by atoms with van der Waals surface area (Å²) in [6.45, 7) is 5.04. The smallest absolute Gasteiger partial charge is 0.250 e. The molecule has 4 nitrogen and oxygen atoms in total. The second-order valence-electron chi connectivity index (χ2n) is 4.88. The molecule has 19 heavy (non-hydrogen) atoms. The second kappa shape index (κ2) is 8.17. The van der Waals surface area contributed by atoms with E-state index in [0.717, 1.165) is 17.3 Å². The van der Waals surface area contributed by atoms with Crippen molar-refractivity contribution >= 4 is 33.2 Å². The topological polar surface area (TPSA) is 64.3 Å². The van der Waals surface area contributed by atoms with Crippen LogP contribution in [-0.4, -0.2) is 19.1 Å². The third-order valence-electron chi connectivity index (χ3n) is 2.57. The number of ether oxygens (including phenoxy) is 1. The number of hydrogen-bond donors (Lipinski definition) is 2. The van der Waals surface area contributed by atoms with Crippen LogP contribution in [0.25, 0.3) is 0 Å². The Morgan fingerprint density at radius 1 is 1.47 bits per heavy atom. The number of nitrogens with one attached hydrogen (secondary N) is 1. The maximum atomic E-state index is 11.7. The van der Waals surface area contributed by atoms with E-state index < -0.39 is 0 Å². The van der Waals surface area contributed by atoms with Crippen molar-refractivity contribution in [3.63, 3.8) is 0 Å². The zero-order valence-electron chi connectivity index (χ0n) is 11.4. The van der Waals surface area contributed by atoms with Gasteiger partial charge >= 0.3 is 0 Å². The highest BCUT2D eigenvalue weighted by Crippen LogP contribution is 2.24. The molecule has 0 radical (unpaired) electrons. The van der Waals surface area contributed by atoms with Crippen LogP contribution in [0.3, 0.4) is 0 Å². The van der Waals surface area contributed by atoms with E-state index in [2.05, 4.69) is 35.1 Å². The lowest BCUT2D eigenvalue weighted by molar-refractivity contribution is -0.120. The van der Waals surface area contributed by atoms with E-state index in [1.807, 2.05) is 0 Å². The number of halogens is 1. The summed E-state index contributed by atoms with van der Waals surface area (Å²) in [5.74, 6) is 0.512. The monoisotopic (exact) mass is 328 g/mol. The fourth-order valence-electron chi connectivity index (χ4n) is 1.58. The largest absolute Gasteiger partial charge is 0.399 e. The average Bonchev–Trinajstić information content (AvgIpc) is 2.32. The minimum absolute atomic E-state index is 0.0783. The molecule has 1 aromatic rings. The summed E-state index contributed by atoms with van der Waals surface area (Å²) in [6, 6.07) is 5.25. The summed E-state index contributed by atoms with van der Waals surface area (Å²) in [5.41, 5.74) is 6.98. The average molecular weight is 329 g/mol. The molecule has 0 aromatic heterocycles. The number of nitrogens with two attached hydrogens (primary N) is 1. The van der Waals surface area contributed by atoms with E-state index in [1.54, 1.807) is 18.2 Å². The molecule has 0 spiro atoms. The Kier molecular flexibility index (Phi) is 6.87. The molecule has 0 atom stereocenters. The first-order chi connectivity index (χ1) is 8.99. The maximum absolute atomic E-state index is 11.7. The molecule has 0 saturated carbocycles. The third kappa shape index (κ3) is 6.59. The molecule has 0 unspecified atom stereocenters. The number of amides is 1. The lowest BCUT2D eigenvalue weighted by atomic mass is 10.1. The molecule has 0 fully saturated rings. The summed E-state index contributed by atoms with van der Waals surface area (Å²) in [7, 11) is 0. The molecule has 0 bridgehead atoms. The van der Waals surface area contributed by atoms with E-state index in [1.165, 1.54) is 0 Å². The van der Waals surface area contributed by atoms with Crippen LogP contribution in [0.4, 0.5) is 11.4 Å². The molecule has 1 amide bonds. The van der Waals surface area contributed by atoms with E-state index in [4.69, 9.17) is 10.5 Å². The van der Waals surface area contributed by atoms with Gasteiger partial charge in [0.25, 0.3) is 0 Å². The van der Waals surface area contributed by atoms with Crippen LogP contribution < -0.4 is 11.1 Å². The predicted octanol–water partition coefficient (Wildman–Crippen LogP) is 3.42. The van der Waals surface area contributed by atoms with E-state index in [-0.39, 0.29) is 12.5 Å². The lowest BCUT2D eigenvalue weighted by Crippen LogP contribution is -2.19. The van der Waals surface area contributed by atoms with Crippen LogP contribution >= 0.6 is 15.9 Å². The van der Waals surface area contributed by atoms with Crippen LogP contribution in [-0.2, 0) is 9.53 Å². The summed E-state index contributed by atoms with van der Waals surface area (Å²) in [6.07, 6.45) is 2.10. The van der Waals surface area contributed by atoms with Crippen molar-refractivity contribution in [3.8, 4) is 0 Å².